The van der Waals surface area contributed by atoms with Crippen LogP contribution in [0.5, 0.6) is 17.2 Å². The van der Waals surface area contributed by atoms with Gasteiger partial charge in [-0.1, -0.05) is 17.7 Å². The summed E-state index contributed by atoms with van der Waals surface area (Å²) in [5, 5.41) is 10.3. The molecule has 3 aromatic carbocycles. The van der Waals surface area contributed by atoms with Crippen LogP contribution >= 0.6 is 11.6 Å². The van der Waals surface area contributed by atoms with Crippen LogP contribution in [-0.4, -0.2) is 60.6 Å². The zero-order valence-electron chi connectivity index (χ0n) is 22.5. The van der Waals surface area contributed by atoms with Gasteiger partial charge in [0.1, 0.15) is 17.6 Å². The molecule has 1 amide bonds. The van der Waals surface area contributed by atoms with Crippen molar-refractivity contribution < 1.29 is 23.4 Å². The molecule has 4 N–H and O–H groups in total. The number of hydrazine groups is 1. The van der Waals surface area contributed by atoms with E-state index in [1.807, 2.05) is 36.4 Å². The van der Waals surface area contributed by atoms with Crippen LogP contribution in [-0.2, 0) is 6.42 Å². The zero-order valence-corrected chi connectivity index (χ0v) is 23.3. The molecule has 1 aromatic heterocycles. The molecule has 1 atom stereocenters. The van der Waals surface area contributed by atoms with Gasteiger partial charge in [0.25, 0.3) is 0 Å². The summed E-state index contributed by atoms with van der Waals surface area (Å²) >= 11 is 6.32. The second-order valence-electron chi connectivity index (χ2n) is 9.69. The lowest BCUT2D eigenvalue weighted by atomic mass is 9.92. The van der Waals surface area contributed by atoms with E-state index < -0.39 is 18.0 Å². The van der Waals surface area contributed by atoms with Gasteiger partial charge in [0.2, 0.25) is 0 Å². The van der Waals surface area contributed by atoms with Crippen LogP contribution in [0.25, 0.3) is 10.9 Å². The van der Waals surface area contributed by atoms with Crippen LogP contribution in [0.1, 0.15) is 29.3 Å². The lowest BCUT2D eigenvalue weighted by Gasteiger charge is -2.35. The summed E-state index contributed by atoms with van der Waals surface area (Å²) in [6.45, 7) is 1.76. The fourth-order valence-electron chi connectivity index (χ4n) is 5.10. The molecule has 4 aromatic rings. The minimum absolute atomic E-state index is 0.252. The maximum Gasteiger partial charge on any atom is 0.416 e. The third kappa shape index (κ3) is 6.30. The van der Waals surface area contributed by atoms with Crippen LogP contribution in [0.2, 0.25) is 5.02 Å². The largest absolute Gasteiger partial charge is 0.493 e. The van der Waals surface area contributed by atoms with Gasteiger partial charge in [-0.2, -0.15) is 0 Å². The highest BCUT2D eigenvalue weighted by molar-refractivity contribution is 6.31. The molecule has 1 unspecified atom stereocenters. The molecule has 0 saturated carbocycles. The topological polar surface area (TPSA) is 117 Å². The first-order valence-electron chi connectivity index (χ1n) is 13.2. The van der Waals surface area contributed by atoms with Gasteiger partial charge in [0.15, 0.2) is 11.5 Å². The van der Waals surface area contributed by atoms with Crippen molar-refractivity contribution in [3.8, 4) is 17.2 Å². The number of amides is 1. The Hall–Kier alpha value is -4.12. The molecule has 0 bridgehead atoms. The minimum atomic E-state index is -0.556. The molecule has 0 aliphatic carbocycles. The van der Waals surface area contributed by atoms with E-state index >= 15 is 0 Å². The Balaban J connectivity index is 1.46. The standard InChI is InChI=1S/C30H31ClFN5O4/c1-39-27-17-19(3-10-26(27)40-16-2-13-36(34)15-12-33)29-28-23(24-18-20(31)4-9-25(24)35-28)11-14-37(29)30(38)41-22-7-5-21(32)6-8-22/h3-10,12,17-18,29,33,35H,2,11,13-16,34H2,1H3. The molecular weight excluding hydrogens is 549 g/mol. The quantitative estimate of drug-likeness (QED) is 0.0959. The number of aromatic amines is 1. The van der Waals surface area contributed by atoms with E-state index in [-0.39, 0.29) is 5.75 Å². The number of carbonyl (C=O) groups is 1. The van der Waals surface area contributed by atoms with Gasteiger partial charge in [-0.3, -0.25) is 10.7 Å². The molecule has 0 fully saturated rings. The van der Waals surface area contributed by atoms with Gasteiger partial charge >= 0.3 is 6.09 Å². The van der Waals surface area contributed by atoms with Crippen molar-refractivity contribution in [2.75, 3.05) is 33.4 Å². The fraction of sp³-hybridized carbons (Fsp3) is 0.267. The Labute approximate surface area is 242 Å². The number of H-pyrrole nitrogens is 1. The maximum absolute atomic E-state index is 13.5. The van der Waals surface area contributed by atoms with Gasteiger partial charge in [0, 0.05) is 47.5 Å². The monoisotopic (exact) mass is 579 g/mol. The van der Waals surface area contributed by atoms with E-state index in [9.17, 15) is 9.18 Å². The Morgan fingerprint density at radius 2 is 2.00 bits per heavy atom. The average Bonchev–Trinajstić information content (AvgIpc) is 3.34. The smallest absolute Gasteiger partial charge is 0.416 e. The van der Waals surface area contributed by atoms with E-state index in [0.717, 1.165) is 27.7 Å². The molecule has 0 radical (unpaired) electrons. The molecule has 214 valence electrons. The molecule has 11 heteroatoms. The van der Waals surface area contributed by atoms with Crippen molar-refractivity contribution in [3.63, 3.8) is 0 Å². The first-order valence-corrected chi connectivity index (χ1v) is 13.6. The molecule has 5 rings (SSSR count). The molecule has 9 nitrogen and oxygen atoms in total. The van der Waals surface area contributed by atoms with Gasteiger partial charge in [-0.15, -0.1) is 0 Å². The summed E-state index contributed by atoms with van der Waals surface area (Å²) in [6.07, 6.45) is 1.96. The van der Waals surface area contributed by atoms with Crippen molar-refractivity contribution in [1.82, 2.24) is 14.9 Å². The summed E-state index contributed by atoms with van der Waals surface area (Å²) in [5.41, 5.74) is 3.65. The highest BCUT2D eigenvalue weighted by Gasteiger charge is 2.36. The first kappa shape index (κ1) is 28.4. The number of rotatable bonds is 10. The van der Waals surface area contributed by atoms with Gasteiger partial charge in [-0.25, -0.2) is 14.2 Å². The highest BCUT2D eigenvalue weighted by Crippen LogP contribution is 2.41. The van der Waals surface area contributed by atoms with Crippen LogP contribution in [0.4, 0.5) is 9.18 Å². The lowest BCUT2D eigenvalue weighted by Crippen LogP contribution is -2.42. The SMILES string of the molecule is COc1cc(C2c3[nH]c4ccc(Cl)cc4c3CCN2C(=O)Oc2ccc(F)cc2)ccc1OCCCN(N)CC=N. The summed E-state index contributed by atoms with van der Waals surface area (Å²) in [6, 6.07) is 16.1. The Morgan fingerprint density at radius 1 is 1.20 bits per heavy atom. The Kier molecular flexibility index (Phi) is 8.72. The van der Waals surface area contributed by atoms with Crippen molar-refractivity contribution >= 4 is 34.8 Å². The predicted octanol–water partition coefficient (Wildman–Crippen LogP) is 5.71. The van der Waals surface area contributed by atoms with Crippen molar-refractivity contribution in [3.05, 3.63) is 88.3 Å². The number of halogens is 2. The first-order chi connectivity index (χ1) is 19.9. The molecule has 1 aliphatic rings. The number of fused-ring (bicyclic) bond motifs is 3. The summed E-state index contributed by atoms with van der Waals surface area (Å²) in [7, 11) is 1.56. The zero-order chi connectivity index (χ0) is 28.9. The third-order valence-corrected chi connectivity index (χ3v) is 7.25. The second kappa shape index (κ2) is 12.6. The summed E-state index contributed by atoms with van der Waals surface area (Å²) in [5.74, 6) is 6.74. The van der Waals surface area contributed by atoms with E-state index in [1.165, 1.54) is 30.5 Å². The maximum atomic E-state index is 13.5. The number of ether oxygens (including phenoxy) is 3. The fourth-order valence-corrected chi connectivity index (χ4v) is 5.27. The average molecular weight is 580 g/mol. The number of methoxy groups -OCH3 is 1. The molecular formula is C30H31ClFN5O4. The van der Waals surface area contributed by atoms with Gasteiger partial charge in [0.05, 0.1) is 13.7 Å². The molecule has 0 saturated heterocycles. The Morgan fingerprint density at radius 3 is 2.76 bits per heavy atom. The second-order valence-corrected chi connectivity index (χ2v) is 10.1. The number of hydrogen-bond acceptors (Lipinski definition) is 7. The number of carbonyl (C=O) groups excluding carboxylic acids is 1. The van der Waals surface area contributed by atoms with Crippen molar-refractivity contribution in [1.29, 1.82) is 5.41 Å². The van der Waals surface area contributed by atoms with E-state index in [1.54, 1.807) is 17.0 Å². The molecule has 2 heterocycles. The lowest BCUT2D eigenvalue weighted by molar-refractivity contribution is 0.135. The summed E-state index contributed by atoms with van der Waals surface area (Å²) in [4.78, 5) is 18.7. The third-order valence-electron chi connectivity index (χ3n) is 7.02. The molecule has 41 heavy (non-hydrogen) atoms. The number of aromatic nitrogens is 1. The number of benzene rings is 3. The van der Waals surface area contributed by atoms with Crippen LogP contribution in [0.15, 0.2) is 60.7 Å². The molecule has 0 spiro atoms. The number of nitrogens with one attached hydrogen (secondary N) is 2. The van der Waals surface area contributed by atoms with E-state index in [4.69, 9.17) is 37.1 Å². The normalized spacial score (nSPS) is 14.7. The number of nitrogens with zero attached hydrogens (tertiary/aromatic N) is 2. The van der Waals surface area contributed by atoms with Crippen LogP contribution in [0, 0.1) is 11.2 Å². The predicted molar refractivity (Wildman–Crippen MR) is 156 cm³/mol. The van der Waals surface area contributed by atoms with Crippen molar-refractivity contribution in [2.45, 2.75) is 18.9 Å². The minimum Gasteiger partial charge on any atom is -0.493 e. The summed E-state index contributed by atoms with van der Waals surface area (Å²) < 4.78 is 30.7. The van der Waals surface area contributed by atoms with Crippen molar-refractivity contribution in [2.24, 2.45) is 5.84 Å². The number of nitrogens with two attached hydrogens (primary N) is 1. The number of hydrogen-bond donors (Lipinski definition) is 3. The molecule has 1 aliphatic heterocycles. The van der Waals surface area contributed by atoms with Crippen LogP contribution < -0.4 is 20.1 Å². The Bertz CT molecular complexity index is 1540. The highest BCUT2D eigenvalue weighted by atomic mass is 35.5. The van der Waals surface area contributed by atoms with Crippen LogP contribution in [0.3, 0.4) is 0 Å². The van der Waals surface area contributed by atoms with Gasteiger partial charge in [-0.05, 0) is 78.6 Å². The van der Waals surface area contributed by atoms with Gasteiger partial charge < -0.3 is 24.6 Å². The van der Waals surface area contributed by atoms with E-state index in [0.29, 0.717) is 55.6 Å². The van der Waals surface area contributed by atoms with E-state index in [2.05, 4.69) is 4.98 Å².